The molecule has 0 saturated carbocycles. The highest BCUT2D eigenvalue weighted by molar-refractivity contribution is 5.76. The number of unbranched alkanes of at least 4 members (excludes halogenated alkanes) is 42. The van der Waals surface area contributed by atoms with Crippen molar-refractivity contribution in [1.82, 2.24) is 5.32 Å². The van der Waals surface area contributed by atoms with Gasteiger partial charge in [-0.05, 0) is 57.8 Å². The maximum Gasteiger partial charge on any atom is 0.305 e. The van der Waals surface area contributed by atoms with E-state index in [2.05, 4.69) is 43.5 Å². The Morgan fingerprint density at radius 1 is 0.412 bits per heavy atom. The lowest BCUT2D eigenvalue weighted by molar-refractivity contribution is -0.143. The summed E-state index contributed by atoms with van der Waals surface area (Å²) in [5.41, 5.74) is 0. The fourth-order valence-corrected chi connectivity index (χ4v) is 9.55. The second-order valence-electron chi connectivity index (χ2n) is 21.0. The summed E-state index contributed by atoms with van der Waals surface area (Å²) in [5, 5.41) is 23.1. The summed E-state index contributed by atoms with van der Waals surface area (Å²) in [6, 6.07) is -0.537. The lowest BCUT2D eigenvalue weighted by atomic mass is 10.0. The van der Waals surface area contributed by atoms with Gasteiger partial charge in [-0.25, -0.2) is 0 Å². The molecule has 0 spiro atoms. The fourth-order valence-electron chi connectivity index (χ4n) is 9.55. The van der Waals surface area contributed by atoms with Crippen LogP contribution in [-0.4, -0.2) is 47.4 Å². The summed E-state index contributed by atoms with van der Waals surface area (Å²) >= 11 is 0. The Balaban J connectivity index is 3.32. The van der Waals surface area contributed by atoms with Crippen molar-refractivity contribution in [3.63, 3.8) is 0 Å². The molecule has 1 amide bonds. The number of carbonyl (C=O) groups excluding carboxylic acids is 2. The van der Waals surface area contributed by atoms with Crippen molar-refractivity contribution in [1.29, 1.82) is 0 Å². The van der Waals surface area contributed by atoms with Gasteiger partial charge >= 0.3 is 5.97 Å². The molecule has 0 radical (unpaired) electrons. The molecule has 0 aromatic carbocycles. The van der Waals surface area contributed by atoms with Gasteiger partial charge in [-0.2, -0.15) is 0 Å². The van der Waals surface area contributed by atoms with E-state index >= 15 is 0 Å². The molecule has 3 N–H and O–H groups in total. The van der Waals surface area contributed by atoms with Crippen molar-refractivity contribution < 1.29 is 24.5 Å². The minimum absolute atomic E-state index is 0.00875. The van der Waals surface area contributed by atoms with Crippen LogP contribution >= 0.6 is 0 Å². The zero-order chi connectivity index (χ0) is 49.3. The average molecular weight is 959 g/mol. The van der Waals surface area contributed by atoms with E-state index in [9.17, 15) is 19.8 Å². The van der Waals surface area contributed by atoms with Crippen LogP contribution in [0.2, 0.25) is 0 Å². The Bertz CT molecular complexity index is 1060. The minimum atomic E-state index is -0.660. The normalized spacial score (nSPS) is 12.7. The molecule has 0 rings (SSSR count). The van der Waals surface area contributed by atoms with Crippen molar-refractivity contribution >= 4 is 11.9 Å². The van der Waals surface area contributed by atoms with Gasteiger partial charge in [-0.15, -0.1) is 0 Å². The van der Waals surface area contributed by atoms with Gasteiger partial charge in [-0.3, -0.25) is 9.59 Å². The number of nitrogens with one attached hydrogen (secondary N) is 1. The van der Waals surface area contributed by atoms with Crippen LogP contribution in [0.25, 0.3) is 0 Å². The standard InChI is InChI=1S/C62H119NO5/c1-3-5-7-9-11-13-14-15-16-26-30-33-36-40-44-48-52-56-62(67)68-57-53-49-45-41-37-34-31-28-25-23-21-19-17-18-20-22-24-27-29-32-35-39-43-47-51-55-61(66)63-59(58-64)60(65)54-50-46-42-38-12-10-8-6-4-2/h11,13,15-16,59-60,64-65H,3-10,12,14,17-58H2,1-2H3,(H,63,66)/b13-11-,16-15-. The quantitative estimate of drug-likeness (QED) is 0.0321. The van der Waals surface area contributed by atoms with E-state index in [1.54, 1.807) is 0 Å². The maximum absolute atomic E-state index is 12.4. The van der Waals surface area contributed by atoms with E-state index in [1.807, 2.05) is 0 Å². The third-order valence-corrected chi connectivity index (χ3v) is 14.3. The van der Waals surface area contributed by atoms with Crippen molar-refractivity contribution in [2.75, 3.05) is 13.2 Å². The molecule has 0 fully saturated rings. The Morgan fingerprint density at radius 2 is 0.735 bits per heavy atom. The Kier molecular flexibility index (Phi) is 56.5. The molecule has 6 heteroatoms. The molecular formula is C62H119NO5. The molecule has 0 aliphatic rings. The lowest BCUT2D eigenvalue weighted by Crippen LogP contribution is -2.45. The lowest BCUT2D eigenvalue weighted by Gasteiger charge is -2.22. The number of aliphatic hydroxyl groups excluding tert-OH is 2. The predicted molar refractivity (Wildman–Crippen MR) is 296 cm³/mol. The summed E-state index contributed by atoms with van der Waals surface area (Å²) in [6.45, 7) is 4.92. The van der Waals surface area contributed by atoms with E-state index in [0.29, 0.717) is 25.9 Å². The number of rotatable bonds is 57. The Hall–Kier alpha value is -1.66. The van der Waals surface area contributed by atoms with Crippen LogP contribution in [0.4, 0.5) is 0 Å². The van der Waals surface area contributed by atoms with Crippen molar-refractivity contribution in [3.8, 4) is 0 Å². The molecule has 2 unspecified atom stereocenters. The number of carbonyl (C=O) groups is 2. The van der Waals surface area contributed by atoms with Crippen LogP contribution in [0.5, 0.6) is 0 Å². The molecule has 0 heterocycles. The number of allylic oxidation sites excluding steroid dienone is 4. The zero-order valence-corrected chi connectivity index (χ0v) is 45.9. The minimum Gasteiger partial charge on any atom is -0.466 e. The highest BCUT2D eigenvalue weighted by Crippen LogP contribution is 2.18. The second-order valence-corrected chi connectivity index (χ2v) is 21.0. The van der Waals surface area contributed by atoms with Gasteiger partial charge in [0.1, 0.15) is 0 Å². The first-order valence-corrected chi connectivity index (χ1v) is 30.6. The van der Waals surface area contributed by atoms with Gasteiger partial charge in [0.25, 0.3) is 0 Å². The molecule has 0 aliphatic carbocycles. The molecule has 0 saturated heterocycles. The fraction of sp³-hybridized carbons (Fsp3) is 0.903. The number of ether oxygens (including phenoxy) is 1. The van der Waals surface area contributed by atoms with Crippen LogP contribution in [0.3, 0.4) is 0 Å². The molecular weight excluding hydrogens is 839 g/mol. The largest absolute Gasteiger partial charge is 0.466 e. The summed E-state index contributed by atoms with van der Waals surface area (Å²) in [5.74, 6) is -0.0261. The van der Waals surface area contributed by atoms with E-state index in [4.69, 9.17) is 4.74 Å². The molecule has 2 atom stereocenters. The first kappa shape index (κ1) is 66.3. The van der Waals surface area contributed by atoms with Crippen LogP contribution < -0.4 is 5.32 Å². The second kappa shape index (κ2) is 57.9. The topological polar surface area (TPSA) is 95.9 Å². The number of aliphatic hydroxyl groups is 2. The highest BCUT2D eigenvalue weighted by atomic mass is 16.5. The van der Waals surface area contributed by atoms with Crippen LogP contribution in [-0.2, 0) is 14.3 Å². The Labute approximate surface area is 424 Å². The number of hydrogen-bond donors (Lipinski definition) is 3. The van der Waals surface area contributed by atoms with Gasteiger partial charge in [0, 0.05) is 12.8 Å². The molecule has 6 nitrogen and oxygen atoms in total. The SMILES string of the molecule is CCCCC/C=C\C/C=C\CCCCCCCCCC(=O)OCCCCCCCCCCCCCCCCCCCCCCCCCCCC(=O)NC(CO)C(O)CCCCCCCCCCC. The molecule has 0 aromatic heterocycles. The van der Waals surface area contributed by atoms with E-state index in [1.165, 1.54) is 250 Å². The maximum atomic E-state index is 12.4. The summed E-state index contributed by atoms with van der Waals surface area (Å²) in [6.07, 6.45) is 70.6. The van der Waals surface area contributed by atoms with Gasteiger partial charge in [0.2, 0.25) is 5.91 Å². The smallest absolute Gasteiger partial charge is 0.305 e. The van der Waals surface area contributed by atoms with Crippen molar-refractivity contribution in [2.45, 2.75) is 347 Å². The molecule has 0 aromatic rings. The monoisotopic (exact) mass is 958 g/mol. The highest BCUT2D eigenvalue weighted by Gasteiger charge is 2.20. The number of hydrogen-bond acceptors (Lipinski definition) is 5. The van der Waals surface area contributed by atoms with Gasteiger partial charge in [-0.1, -0.05) is 289 Å². The van der Waals surface area contributed by atoms with Gasteiger partial charge in [0.05, 0.1) is 25.4 Å². The van der Waals surface area contributed by atoms with Crippen LogP contribution in [0.15, 0.2) is 24.3 Å². The van der Waals surface area contributed by atoms with Crippen molar-refractivity contribution in [3.05, 3.63) is 24.3 Å². The summed E-state index contributed by atoms with van der Waals surface area (Å²) in [7, 11) is 0. The predicted octanol–water partition coefficient (Wildman–Crippen LogP) is 19.0. The third-order valence-electron chi connectivity index (χ3n) is 14.3. The van der Waals surface area contributed by atoms with E-state index in [-0.39, 0.29) is 18.5 Å². The molecule has 0 bridgehead atoms. The summed E-state index contributed by atoms with van der Waals surface area (Å²) < 4.78 is 5.49. The van der Waals surface area contributed by atoms with Gasteiger partial charge in [0.15, 0.2) is 0 Å². The van der Waals surface area contributed by atoms with Gasteiger partial charge < -0.3 is 20.3 Å². The zero-order valence-electron chi connectivity index (χ0n) is 45.9. The van der Waals surface area contributed by atoms with Crippen LogP contribution in [0, 0.1) is 0 Å². The Morgan fingerprint density at radius 3 is 1.15 bits per heavy atom. The molecule has 0 aliphatic heterocycles. The molecule has 68 heavy (non-hydrogen) atoms. The number of amides is 1. The first-order chi connectivity index (χ1) is 33.5. The third kappa shape index (κ3) is 53.7. The summed E-state index contributed by atoms with van der Waals surface area (Å²) in [4.78, 5) is 24.5. The van der Waals surface area contributed by atoms with E-state index in [0.717, 1.165) is 51.4 Å². The first-order valence-electron chi connectivity index (χ1n) is 30.6. The number of esters is 1. The average Bonchev–Trinajstić information content (AvgIpc) is 3.34. The van der Waals surface area contributed by atoms with Crippen LogP contribution in [0.1, 0.15) is 335 Å². The molecule has 402 valence electrons. The van der Waals surface area contributed by atoms with E-state index < -0.39 is 12.1 Å². The van der Waals surface area contributed by atoms with Crippen molar-refractivity contribution in [2.24, 2.45) is 0 Å².